The minimum absolute atomic E-state index is 0.258. The highest BCUT2D eigenvalue weighted by Gasteiger charge is 2.38. The molecule has 1 aliphatic rings. The first-order valence-electron chi connectivity index (χ1n) is 7.09. The molecule has 0 saturated carbocycles. The van der Waals surface area contributed by atoms with E-state index in [2.05, 4.69) is 44.4 Å². The smallest absolute Gasteiger partial charge is 0.0330 e. The predicted molar refractivity (Wildman–Crippen MR) is 79.7 cm³/mol. The molecule has 0 aromatic heterocycles. The molecule has 1 fully saturated rings. The van der Waals surface area contributed by atoms with Crippen molar-refractivity contribution in [1.29, 1.82) is 0 Å². The fourth-order valence-corrected chi connectivity index (χ4v) is 3.97. The van der Waals surface area contributed by atoms with Crippen molar-refractivity contribution >= 4 is 11.8 Å². The first-order chi connectivity index (χ1) is 7.99. The van der Waals surface area contributed by atoms with Gasteiger partial charge in [0, 0.05) is 35.7 Å². The van der Waals surface area contributed by atoms with E-state index in [1.54, 1.807) is 0 Å². The lowest BCUT2D eigenvalue weighted by Crippen LogP contribution is -2.59. The number of hydrogen-bond donors (Lipinski definition) is 1. The monoisotopic (exact) mass is 258 g/mol. The van der Waals surface area contributed by atoms with Gasteiger partial charge in [-0.05, 0) is 26.7 Å². The highest BCUT2D eigenvalue weighted by molar-refractivity contribution is 8.00. The zero-order valence-corrected chi connectivity index (χ0v) is 12.9. The maximum Gasteiger partial charge on any atom is 0.0330 e. The van der Waals surface area contributed by atoms with E-state index in [0.29, 0.717) is 4.75 Å². The molecule has 0 aromatic carbocycles. The lowest BCUT2D eigenvalue weighted by molar-refractivity contribution is 0.0732. The molecule has 0 radical (unpaired) electrons. The molecule has 17 heavy (non-hydrogen) atoms. The van der Waals surface area contributed by atoms with Crippen LogP contribution in [0.3, 0.4) is 0 Å². The second-order valence-corrected chi connectivity index (χ2v) is 7.72. The van der Waals surface area contributed by atoms with Gasteiger partial charge in [-0.25, -0.2) is 0 Å². The van der Waals surface area contributed by atoms with Crippen molar-refractivity contribution in [2.24, 2.45) is 5.73 Å². The summed E-state index contributed by atoms with van der Waals surface area (Å²) in [6, 6.07) is 0. The molecule has 1 unspecified atom stereocenters. The highest BCUT2D eigenvalue weighted by atomic mass is 32.2. The van der Waals surface area contributed by atoms with Crippen LogP contribution in [0.5, 0.6) is 0 Å². The number of unbranched alkanes of at least 4 members (excludes halogenated alkanes) is 1. The first kappa shape index (κ1) is 15.3. The zero-order chi connectivity index (χ0) is 12.9. The van der Waals surface area contributed by atoms with E-state index in [-0.39, 0.29) is 5.54 Å². The summed E-state index contributed by atoms with van der Waals surface area (Å²) in [6.07, 6.45) is 5.02. The summed E-state index contributed by atoms with van der Waals surface area (Å²) in [5.41, 5.74) is 6.39. The predicted octanol–water partition coefficient (Wildman–Crippen LogP) is 3.11. The molecular formula is C14H30N2S. The molecule has 102 valence electrons. The number of thioether (sulfide) groups is 1. The highest BCUT2D eigenvalue weighted by Crippen LogP contribution is 2.35. The number of hydrogen-bond acceptors (Lipinski definition) is 3. The van der Waals surface area contributed by atoms with Gasteiger partial charge in [0.05, 0.1) is 0 Å². The number of rotatable bonds is 6. The SMILES string of the molecule is CCCCC(CC)(CN)N1CCSC(C)(C)C1. The molecule has 0 aromatic rings. The largest absolute Gasteiger partial charge is 0.329 e. The molecular weight excluding hydrogens is 228 g/mol. The van der Waals surface area contributed by atoms with Crippen molar-refractivity contribution < 1.29 is 0 Å². The van der Waals surface area contributed by atoms with Crippen molar-refractivity contribution in [2.45, 2.75) is 63.7 Å². The Balaban J connectivity index is 2.74. The normalized spacial score (nSPS) is 24.5. The lowest BCUT2D eigenvalue weighted by Gasteiger charge is -2.49. The summed E-state index contributed by atoms with van der Waals surface area (Å²) in [7, 11) is 0. The first-order valence-corrected chi connectivity index (χ1v) is 8.07. The van der Waals surface area contributed by atoms with Crippen LogP contribution in [0.2, 0.25) is 0 Å². The van der Waals surface area contributed by atoms with Gasteiger partial charge in [0.15, 0.2) is 0 Å². The standard InChI is InChI=1S/C14H30N2S/c1-5-7-8-14(6-2,11-15)16-9-10-17-13(3,4)12-16/h5-12,15H2,1-4H3. The van der Waals surface area contributed by atoms with Gasteiger partial charge in [0.1, 0.15) is 0 Å². The van der Waals surface area contributed by atoms with E-state index >= 15 is 0 Å². The van der Waals surface area contributed by atoms with Gasteiger partial charge in [0.2, 0.25) is 0 Å². The van der Waals surface area contributed by atoms with E-state index in [9.17, 15) is 0 Å². The molecule has 0 aliphatic carbocycles. The van der Waals surface area contributed by atoms with E-state index in [0.717, 1.165) is 6.54 Å². The minimum Gasteiger partial charge on any atom is -0.329 e. The fourth-order valence-electron chi connectivity index (χ4n) is 2.86. The summed E-state index contributed by atoms with van der Waals surface area (Å²) in [5.74, 6) is 1.25. The molecule has 0 bridgehead atoms. The summed E-state index contributed by atoms with van der Waals surface area (Å²) < 4.78 is 0.389. The van der Waals surface area contributed by atoms with Gasteiger partial charge in [0.25, 0.3) is 0 Å². The second kappa shape index (κ2) is 6.44. The van der Waals surface area contributed by atoms with Crippen molar-refractivity contribution in [3.8, 4) is 0 Å². The van der Waals surface area contributed by atoms with Crippen LogP contribution in [0.1, 0.15) is 53.4 Å². The molecule has 1 aliphatic heterocycles. The van der Waals surface area contributed by atoms with Gasteiger partial charge < -0.3 is 5.73 Å². The molecule has 1 atom stereocenters. The van der Waals surface area contributed by atoms with Crippen LogP contribution in [0, 0.1) is 0 Å². The summed E-state index contributed by atoms with van der Waals surface area (Å²) in [5, 5.41) is 0. The number of nitrogens with two attached hydrogens (primary N) is 1. The van der Waals surface area contributed by atoms with Gasteiger partial charge in [-0.3, -0.25) is 4.90 Å². The Morgan fingerprint density at radius 1 is 1.35 bits per heavy atom. The number of nitrogens with zero attached hydrogens (tertiary/aromatic N) is 1. The molecule has 3 heteroatoms. The van der Waals surface area contributed by atoms with Crippen LogP contribution < -0.4 is 5.73 Å². The van der Waals surface area contributed by atoms with Crippen LogP contribution in [0.4, 0.5) is 0 Å². The average Bonchev–Trinajstić information content (AvgIpc) is 2.30. The maximum absolute atomic E-state index is 6.13. The van der Waals surface area contributed by atoms with Gasteiger partial charge in [-0.15, -0.1) is 0 Å². The Hall–Kier alpha value is 0.270. The molecule has 0 spiro atoms. The lowest BCUT2D eigenvalue weighted by atomic mass is 9.86. The van der Waals surface area contributed by atoms with Crippen molar-refractivity contribution in [1.82, 2.24) is 4.90 Å². The molecule has 1 rings (SSSR count). The van der Waals surface area contributed by atoms with E-state index in [1.807, 2.05) is 0 Å². The summed E-state index contributed by atoms with van der Waals surface area (Å²) in [4.78, 5) is 2.68. The zero-order valence-electron chi connectivity index (χ0n) is 12.1. The molecule has 0 amide bonds. The van der Waals surface area contributed by atoms with Gasteiger partial charge in [-0.1, -0.05) is 26.7 Å². The maximum atomic E-state index is 6.13. The van der Waals surface area contributed by atoms with Crippen LogP contribution >= 0.6 is 11.8 Å². The minimum atomic E-state index is 0.258. The van der Waals surface area contributed by atoms with E-state index in [4.69, 9.17) is 5.73 Å². The fraction of sp³-hybridized carbons (Fsp3) is 1.00. The Morgan fingerprint density at radius 3 is 2.53 bits per heavy atom. The molecule has 1 heterocycles. The average molecular weight is 258 g/mol. The molecule has 2 N–H and O–H groups in total. The third-order valence-electron chi connectivity index (χ3n) is 4.13. The quantitative estimate of drug-likeness (QED) is 0.794. The van der Waals surface area contributed by atoms with E-state index in [1.165, 1.54) is 44.5 Å². The van der Waals surface area contributed by atoms with Crippen LogP contribution in [0.15, 0.2) is 0 Å². The molecule has 1 saturated heterocycles. The Morgan fingerprint density at radius 2 is 2.06 bits per heavy atom. The molecule has 2 nitrogen and oxygen atoms in total. The van der Waals surface area contributed by atoms with Crippen LogP contribution in [0.25, 0.3) is 0 Å². The van der Waals surface area contributed by atoms with Gasteiger partial charge in [-0.2, -0.15) is 11.8 Å². The Labute approximate surface area is 112 Å². The summed E-state index contributed by atoms with van der Waals surface area (Å²) in [6.45, 7) is 12.5. The summed E-state index contributed by atoms with van der Waals surface area (Å²) >= 11 is 2.10. The Bertz CT molecular complexity index is 224. The van der Waals surface area contributed by atoms with Crippen molar-refractivity contribution in [2.75, 3.05) is 25.4 Å². The van der Waals surface area contributed by atoms with Gasteiger partial charge >= 0.3 is 0 Å². The van der Waals surface area contributed by atoms with Crippen molar-refractivity contribution in [3.63, 3.8) is 0 Å². The topological polar surface area (TPSA) is 29.3 Å². The Kier molecular flexibility index (Phi) is 5.81. The van der Waals surface area contributed by atoms with Crippen LogP contribution in [-0.4, -0.2) is 40.6 Å². The third kappa shape index (κ3) is 3.87. The second-order valence-electron chi connectivity index (χ2n) is 5.92. The van der Waals surface area contributed by atoms with Crippen LogP contribution in [-0.2, 0) is 0 Å². The third-order valence-corrected chi connectivity index (χ3v) is 5.43. The van der Waals surface area contributed by atoms with E-state index < -0.39 is 0 Å². The van der Waals surface area contributed by atoms with Crippen molar-refractivity contribution in [3.05, 3.63) is 0 Å².